The lowest BCUT2D eigenvalue weighted by atomic mass is 9.98. The number of likely N-dealkylation sites (tertiary alicyclic amines) is 1. The van der Waals surface area contributed by atoms with E-state index in [2.05, 4.69) is 13.8 Å². The fraction of sp³-hybridized carbons (Fsp3) is 0.889. The van der Waals surface area contributed by atoms with E-state index < -0.39 is 0 Å². The molecule has 122 valence electrons. The summed E-state index contributed by atoms with van der Waals surface area (Å²) in [6.45, 7) is 4.95. The fourth-order valence-corrected chi connectivity index (χ4v) is 3.05. The van der Waals surface area contributed by atoms with E-state index in [1.54, 1.807) is 0 Å². The van der Waals surface area contributed by atoms with Crippen LogP contribution in [0.1, 0.15) is 90.9 Å². The maximum absolute atomic E-state index is 12.2. The number of carbonyl (C=O) groups excluding carboxylic acids is 2. The van der Waals surface area contributed by atoms with Gasteiger partial charge in [0.05, 0.1) is 0 Å². The van der Waals surface area contributed by atoms with Crippen molar-refractivity contribution in [3.63, 3.8) is 0 Å². The Kier molecular flexibility index (Phi) is 9.36. The first-order valence-corrected chi connectivity index (χ1v) is 9.04. The van der Waals surface area contributed by atoms with Gasteiger partial charge in [-0.05, 0) is 12.8 Å². The minimum atomic E-state index is -0.0190. The van der Waals surface area contributed by atoms with E-state index >= 15 is 0 Å². The van der Waals surface area contributed by atoms with E-state index in [0.29, 0.717) is 13.0 Å². The molecule has 0 aromatic carbocycles. The molecule has 0 bridgehead atoms. The normalized spacial score (nSPS) is 18.8. The van der Waals surface area contributed by atoms with Crippen LogP contribution in [0.15, 0.2) is 0 Å². The molecule has 21 heavy (non-hydrogen) atoms. The van der Waals surface area contributed by atoms with Gasteiger partial charge in [0.2, 0.25) is 11.8 Å². The fourth-order valence-electron chi connectivity index (χ4n) is 3.05. The average molecular weight is 295 g/mol. The van der Waals surface area contributed by atoms with Crippen LogP contribution in [0.25, 0.3) is 0 Å². The summed E-state index contributed by atoms with van der Waals surface area (Å²) < 4.78 is 0. The topological polar surface area (TPSA) is 37.4 Å². The highest BCUT2D eigenvalue weighted by molar-refractivity contribution is 6.03. The van der Waals surface area contributed by atoms with Crippen molar-refractivity contribution in [2.24, 2.45) is 5.92 Å². The Morgan fingerprint density at radius 1 is 0.857 bits per heavy atom. The van der Waals surface area contributed by atoms with Crippen molar-refractivity contribution >= 4 is 11.8 Å². The average Bonchev–Trinajstić information content (AvgIpc) is 2.74. The summed E-state index contributed by atoms with van der Waals surface area (Å²) in [6.07, 6.45) is 13.6. The first-order valence-electron chi connectivity index (χ1n) is 9.04. The van der Waals surface area contributed by atoms with Crippen LogP contribution in [0.4, 0.5) is 0 Å². The van der Waals surface area contributed by atoms with Gasteiger partial charge in [-0.25, -0.2) is 0 Å². The zero-order valence-electron chi connectivity index (χ0n) is 14.0. The second-order valence-electron chi connectivity index (χ2n) is 6.40. The molecule has 0 saturated carbocycles. The molecule has 1 unspecified atom stereocenters. The monoisotopic (exact) mass is 295 g/mol. The molecule has 0 spiro atoms. The standard InChI is InChI=1S/C18H33NO2/c1-3-5-7-8-9-10-11-12-13-16-15-17(20)19(18(16)21)14-6-4-2/h16H,3-15H2,1-2H3. The molecule has 3 nitrogen and oxygen atoms in total. The number of unbranched alkanes of at least 4 members (excludes halogenated alkanes) is 8. The van der Waals surface area contributed by atoms with Crippen LogP contribution in [0.3, 0.4) is 0 Å². The maximum atomic E-state index is 12.2. The van der Waals surface area contributed by atoms with Gasteiger partial charge in [0.15, 0.2) is 0 Å². The summed E-state index contributed by atoms with van der Waals surface area (Å²) in [5.41, 5.74) is 0. The quantitative estimate of drug-likeness (QED) is 0.387. The minimum absolute atomic E-state index is 0.0190. The largest absolute Gasteiger partial charge is 0.282 e. The highest BCUT2D eigenvalue weighted by Crippen LogP contribution is 2.25. The molecular formula is C18H33NO2. The molecule has 1 rings (SSSR count). The third-order valence-corrected chi connectivity index (χ3v) is 4.48. The Labute approximate surface area is 130 Å². The molecule has 1 fully saturated rings. The summed E-state index contributed by atoms with van der Waals surface area (Å²) in [5.74, 6) is 0.129. The molecule has 1 aliphatic rings. The lowest BCUT2D eigenvalue weighted by molar-refractivity contribution is -0.139. The third kappa shape index (κ3) is 6.62. The van der Waals surface area contributed by atoms with Crippen molar-refractivity contribution in [1.82, 2.24) is 4.90 Å². The molecule has 2 amide bonds. The molecule has 0 aromatic rings. The smallest absolute Gasteiger partial charge is 0.232 e. The van der Waals surface area contributed by atoms with Gasteiger partial charge in [-0.2, -0.15) is 0 Å². The van der Waals surface area contributed by atoms with Crippen LogP contribution in [-0.2, 0) is 9.59 Å². The van der Waals surface area contributed by atoms with Gasteiger partial charge in [0.1, 0.15) is 0 Å². The van der Waals surface area contributed by atoms with Crippen LogP contribution in [-0.4, -0.2) is 23.3 Å². The Hall–Kier alpha value is -0.860. The van der Waals surface area contributed by atoms with Crippen LogP contribution < -0.4 is 0 Å². The number of rotatable bonds is 12. The second-order valence-corrected chi connectivity index (χ2v) is 6.40. The van der Waals surface area contributed by atoms with Crippen molar-refractivity contribution < 1.29 is 9.59 Å². The number of hydrogen-bond donors (Lipinski definition) is 0. The van der Waals surface area contributed by atoms with Gasteiger partial charge < -0.3 is 0 Å². The van der Waals surface area contributed by atoms with Gasteiger partial charge in [-0.3, -0.25) is 14.5 Å². The summed E-state index contributed by atoms with van der Waals surface area (Å²) in [7, 11) is 0. The third-order valence-electron chi connectivity index (χ3n) is 4.48. The first-order chi connectivity index (χ1) is 10.2. The Balaban J connectivity index is 2.10. The van der Waals surface area contributed by atoms with Crippen molar-refractivity contribution in [1.29, 1.82) is 0 Å². The van der Waals surface area contributed by atoms with Crippen molar-refractivity contribution in [2.45, 2.75) is 90.9 Å². The summed E-state index contributed by atoms with van der Waals surface area (Å²) in [5, 5.41) is 0. The highest BCUT2D eigenvalue weighted by Gasteiger charge is 2.37. The van der Waals surface area contributed by atoms with Crippen LogP contribution in [0, 0.1) is 5.92 Å². The molecule has 3 heteroatoms. The summed E-state index contributed by atoms with van der Waals surface area (Å²) in [6, 6.07) is 0. The number of amides is 2. The van der Waals surface area contributed by atoms with E-state index in [1.165, 1.54) is 49.8 Å². The van der Waals surface area contributed by atoms with E-state index in [4.69, 9.17) is 0 Å². The zero-order chi connectivity index (χ0) is 15.5. The van der Waals surface area contributed by atoms with Gasteiger partial charge in [0, 0.05) is 18.9 Å². The van der Waals surface area contributed by atoms with Crippen molar-refractivity contribution in [3.8, 4) is 0 Å². The van der Waals surface area contributed by atoms with Gasteiger partial charge in [-0.15, -0.1) is 0 Å². The SMILES string of the molecule is CCCCCCCCCCC1CC(=O)N(CCCC)C1=O. The van der Waals surface area contributed by atoms with E-state index in [0.717, 1.165) is 25.7 Å². The molecule has 0 N–H and O–H groups in total. The highest BCUT2D eigenvalue weighted by atomic mass is 16.2. The minimum Gasteiger partial charge on any atom is -0.282 e. The predicted octanol–water partition coefficient (Wildman–Crippen LogP) is 4.69. The number of hydrogen-bond acceptors (Lipinski definition) is 2. The lowest BCUT2D eigenvalue weighted by Crippen LogP contribution is -2.31. The van der Waals surface area contributed by atoms with E-state index in [9.17, 15) is 9.59 Å². The second kappa shape index (κ2) is 10.8. The molecule has 0 aliphatic carbocycles. The molecule has 0 radical (unpaired) electrons. The Bertz CT molecular complexity index is 314. The van der Waals surface area contributed by atoms with Crippen molar-refractivity contribution in [2.75, 3.05) is 6.54 Å². The maximum Gasteiger partial charge on any atom is 0.232 e. The van der Waals surface area contributed by atoms with Gasteiger partial charge >= 0.3 is 0 Å². The molecule has 1 saturated heterocycles. The molecule has 1 aliphatic heterocycles. The van der Waals surface area contributed by atoms with Crippen LogP contribution in [0.2, 0.25) is 0 Å². The molecule has 1 atom stereocenters. The summed E-state index contributed by atoms with van der Waals surface area (Å²) in [4.78, 5) is 25.5. The lowest BCUT2D eigenvalue weighted by Gasteiger charge is -2.14. The molecule has 1 heterocycles. The Morgan fingerprint density at radius 3 is 2.05 bits per heavy atom. The number of carbonyl (C=O) groups is 2. The molecular weight excluding hydrogens is 262 g/mol. The van der Waals surface area contributed by atoms with Crippen LogP contribution >= 0.6 is 0 Å². The van der Waals surface area contributed by atoms with E-state index in [1.807, 2.05) is 0 Å². The number of imide groups is 1. The Morgan fingerprint density at radius 2 is 1.43 bits per heavy atom. The van der Waals surface area contributed by atoms with Crippen molar-refractivity contribution in [3.05, 3.63) is 0 Å². The zero-order valence-corrected chi connectivity index (χ0v) is 14.0. The molecule has 0 aromatic heterocycles. The predicted molar refractivity (Wildman–Crippen MR) is 87.0 cm³/mol. The van der Waals surface area contributed by atoms with Gasteiger partial charge in [-0.1, -0.05) is 71.6 Å². The first kappa shape index (κ1) is 18.2. The number of nitrogens with zero attached hydrogens (tertiary/aromatic N) is 1. The van der Waals surface area contributed by atoms with Gasteiger partial charge in [0.25, 0.3) is 0 Å². The summed E-state index contributed by atoms with van der Waals surface area (Å²) >= 11 is 0. The van der Waals surface area contributed by atoms with Crippen LogP contribution in [0.5, 0.6) is 0 Å². The van der Waals surface area contributed by atoms with E-state index in [-0.39, 0.29) is 17.7 Å².